The van der Waals surface area contributed by atoms with Crippen LogP contribution in [0.3, 0.4) is 0 Å². The highest BCUT2D eigenvalue weighted by atomic mass is 16.6. The SMILES string of the molecule is C=C(C)C(=C)/C=C\C(=C)C(=C)NC(=NC)C1CCCN1C(=O)OC(C)(C)C. The molecule has 1 unspecified atom stereocenters. The summed E-state index contributed by atoms with van der Waals surface area (Å²) in [6.07, 6.45) is 5.08. The lowest BCUT2D eigenvalue weighted by molar-refractivity contribution is 0.0264. The highest BCUT2D eigenvalue weighted by Gasteiger charge is 2.35. The van der Waals surface area contributed by atoms with Gasteiger partial charge in [-0.25, -0.2) is 4.79 Å². The van der Waals surface area contributed by atoms with Crippen molar-refractivity contribution >= 4 is 11.9 Å². The van der Waals surface area contributed by atoms with Crippen molar-refractivity contribution in [3.63, 3.8) is 0 Å². The maximum absolute atomic E-state index is 12.5. The zero-order valence-electron chi connectivity index (χ0n) is 17.4. The molecule has 0 saturated carbocycles. The molecule has 5 heteroatoms. The molecule has 1 fully saturated rings. The zero-order chi connectivity index (χ0) is 20.8. The predicted molar refractivity (Wildman–Crippen MR) is 114 cm³/mol. The van der Waals surface area contributed by atoms with Crippen LogP contribution in [0, 0.1) is 0 Å². The summed E-state index contributed by atoms with van der Waals surface area (Å²) in [6, 6.07) is -0.163. The Balaban J connectivity index is 2.81. The summed E-state index contributed by atoms with van der Waals surface area (Å²) in [5, 5.41) is 3.21. The van der Waals surface area contributed by atoms with Crippen molar-refractivity contribution in [2.45, 2.75) is 52.2 Å². The fraction of sp³-hybridized carbons (Fsp3) is 0.455. The number of nitrogens with zero attached hydrogens (tertiary/aromatic N) is 2. The van der Waals surface area contributed by atoms with Crippen molar-refractivity contribution in [3.8, 4) is 0 Å². The van der Waals surface area contributed by atoms with Gasteiger partial charge in [0.25, 0.3) is 0 Å². The standard InChI is InChI=1S/C22H33N3O2/c1-15(2)16(3)12-13-17(4)18(5)24-20(23-9)19-11-10-14-25(19)21(26)27-22(6,7)8/h12-13,19H,1,3-5,10-11,14H2,2,6-9H3,(H,23,24)/b13-12-. The fourth-order valence-electron chi connectivity index (χ4n) is 2.56. The van der Waals surface area contributed by atoms with Crippen molar-refractivity contribution in [3.05, 3.63) is 60.9 Å². The summed E-state index contributed by atoms with van der Waals surface area (Å²) in [6.45, 7) is 24.0. The number of carbonyl (C=O) groups is 1. The van der Waals surface area contributed by atoms with E-state index in [0.29, 0.717) is 23.7 Å². The first-order chi connectivity index (χ1) is 12.5. The lowest BCUT2D eigenvalue weighted by Crippen LogP contribution is -2.47. The fourth-order valence-corrected chi connectivity index (χ4v) is 2.56. The van der Waals surface area contributed by atoms with Crippen LogP contribution in [0.5, 0.6) is 0 Å². The molecule has 27 heavy (non-hydrogen) atoms. The third-order valence-electron chi connectivity index (χ3n) is 4.14. The van der Waals surface area contributed by atoms with Gasteiger partial charge in [0, 0.05) is 19.3 Å². The second-order valence-electron chi connectivity index (χ2n) is 7.71. The number of amidine groups is 1. The molecule has 0 aromatic heterocycles. The van der Waals surface area contributed by atoms with E-state index in [-0.39, 0.29) is 12.1 Å². The first-order valence-corrected chi connectivity index (χ1v) is 9.10. The third kappa shape index (κ3) is 6.93. The summed E-state index contributed by atoms with van der Waals surface area (Å²) < 4.78 is 5.52. The van der Waals surface area contributed by atoms with Crippen molar-refractivity contribution in [2.24, 2.45) is 4.99 Å². The van der Waals surface area contributed by atoms with E-state index < -0.39 is 5.60 Å². The smallest absolute Gasteiger partial charge is 0.410 e. The molecule has 0 bridgehead atoms. The number of hydrogen-bond donors (Lipinski definition) is 1. The topological polar surface area (TPSA) is 53.9 Å². The van der Waals surface area contributed by atoms with Gasteiger partial charge in [-0.1, -0.05) is 44.0 Å². The average molecular weight is 372 g/mol. The average Bonchev–Trinajstić information content (AvgIpc) is 3.04. The number of rotatable bonds is 6. The summed E-state index contributed by atoms with van der Waals surface area (Å²) in [7, 11) is 1.70. The number of likely N-dealkylation sites (tertiary alicyclic amines) is 1. The minimum atomic E-state index is -0.532. The van der Waals surface area contributed by atoms with Crippen LogP contribution in [-0.2, 0) is 4.74 Å². The molecule has 1 amide bonds. The highest BCUT2D eigenvalue weighted by molar-refractivity contribution is 5.92. The molecule has 0 radical (unpaired) electrons. The third-order valence-corrected chi connectivity index (χ3v) is 4.14. The van der Waals surface area contributed by atoms with Gasteiger partial charge in [0.05, 0.1) is 6.04 Å². The highest BCUT2D eigenvalue weighted by Crippen LogP contribution is 2.22. The van der Waals surface area contributed by atoms with Gasteiger partial charge in [0.1, 0.15) is 11.4 Å². The molecule has 1 heterocycles. The zero-order valence-corrected chi connectivity index (χ0v) is 17.4. The molecule has 148 valence electrons. The number of aliphatic imine (C=N–C) groups is 1. The molecule has 0 aromatic rings. The first kappa shape index (κ1) is 22.5. The van der Waals surface area contributed by atoms with E-state index in [2.05, 4.69) is 36.6 Å². The summed E-state index contributed by atoms with van der Waals surface area (Å²) >= 11 is 0. The van der Waals surface area contributed by atoms with Gasteiger partial charge in [0.15, 0.2) is 0 Å². The largest absolute Gasteiger partial charge is 0.444 e. The van der Waals surface area contributed by atoms with E-state index in [1.165, 1.54) is 0 Å². The Bertz CT molecular complexity index is 693. The van der Waals surface area contributed by atoms with E-state index in [1.807, 2.05) is 39.8 Å². The van der Waals surface area contributed by atoms with Crippen LogP contribution < -0.4 is 5.32 Å². The molecular weight excluding hydrogens is 338 g/mol. The van der Waals surface area contributed by atoms with Crippen molar-refractivity contribution in [2.75, 3.05) is 13.6 Å². The van der Waals surface area contributed by atoms with Gasteiger partial charge >= 0.3 is 6.09 Å². The van der Waals surface area contributed by atoms with Gasteiger partial charge in [0.2, 0.25) is 0 Å². The molecular formula is C22H33N3O2. The van der Waals surface area contributed by atoms with E-state index >= 15 is 0 Å². The van der Waals surface area contributed by atoms with Crippen LogP contribution in [0.2, 0.25) is 0 Å². The number of amides is 1. The molecule has 1 atom stereocenters. The molecule has 1 N–H and O–H groups in total. The number of allylic oxidation sites excluding steroid dienone is 4. The molecule has 0 aliphatic carbocycles. The molecule has 1 aliphatic rings. The van der Waals surface area contributed by atoms with E-state index in [0.717, 1.165) is 24.0 Å². The van der Waals surface area contributed by atoms with E-state index in [4.69, 9.17) is 4.74 Å². The van der Waals surface area contributed by atoms with Crippen molar-refractivity contribution < 1.29 is 9.53 Å². The van der Waals surface area contributed by atoms with Gasteiger partial charge in [-0.3, -0.25) is 9.89 Å². The van der Waals surface area contributed by atoms with Crippen LogP contribution >= 0.6 is 0 Å². The normalized spacial score (nSPS) is 17.7. The Morgan fingerprint density at radius 2 is 1.78 bits per heavy atom. The summed E-state index contributed by atoms with van der Waals surface area (Å²) in [4.78, 5) is 18.6. The Morgan fingerprint density at radius 3 is 2.30 bits per heavy atom. The van der Waals surface area contributed by atoms with E-state index in [1.54, 1.807) is 11.9 Å². The number of ether oxygens (including phenoxy) is 1. The Labute approximate surface area is 163 Å². The second kappa shape index (κ2) is 9.40. The van der Waals surface area contributed by atoms with Crippen LogP contribution in [0.15, 0.2) is 65.9 Å². The van der Waals surface area contributed by atoms with Gasteiger partial charge in [-0.2, -0.15) is 0 Å². The molecule has 1 rings (SSSR count). The quantitative estimate of drug-likeness (QED) is 0.416. The molecule has 1 aliphatic heterocycles. The van der Waals surface area contributed by atoms with Crippen molar-refractivity contribution in [1.82, 2.24) is 10.2 Å². The van der Waals surface area contributed by atoms with Crippen LogP contribution in [0.1, 0.15) is 40.5 Å². The van der Waals surface area contributed by atoms with Gasteiger partial charge in [-0.15, -0.1) is 0 Å². The Kier molecular flexibility index (Phi) is 7.82. The lowest BCUT2D eigenvalue weighted by Gasteiger charge is -2.29. The summed E-state index contributed by atoms with van der Waals surface area (Å²) in [5.74, 6) is 0.677. The Hall–Kier alpha value is -2.56. The first-order valence-electron chi connectivity index (χ1n) is 9.10. The Morgan fingerprint density at radius 1 is 1.19 bits per heavy atom. The maximum atomic E-state index is 12.5. The summed E-state index contributed by atoms with van der Waals surface area (Å²) in [5.41, 5.74) is 2.53. The van der Waals surface area contributed by atoms with Crippen LogP contribution in [0.25, 0.3) is 0 Å². The number of hydrogen-bond acceptors (Lipinski definition) is 3. The van der Waals surface area contributed by atoms with E-state index in [9.17, 15) is 4.79 Å². The maximum Gasteiger partial charge on any atom is 0.410 e. The predicted octanol–water partition coefficient (Wildman–Crippen LogP) is 4.76. The van der Waals surface area contributed by atoms with Crippen LogP contribution in [0.4, 0.5) is 4.79 Å². The molecule has 1 saturated heterocycles. The van der Waals surface area contributed by atoms with Gasteiger partial charge < -0.3 is 10.1 Å². The molecule has 0 aromatic carbocycles. The number of nitrogens with one attached hydrogen (secondary N) is 1. The second-order valence-corrected chi connectivity index (χ2v) is 7.71. The number of carbonyl (C=O) groups excluding carboxylic acids is 1. The molecule has 0 spiro atoms. The van der Waals surface area contributed by atoms with Crippen molar-refractivity contribution in [1.29, 1.82) is 0 Å². The molecule has 5 nitrogen and oxygen atoms in total. The monoisotopic (exact) mass is 371 g/mol. The van der Waals surface area contributed by atoms with Crippen LogP contribution in [-0.4, -0.2) is 42.1 Å². The van der Waals surface area contributed by atoms with Gasteiger partial charge in [-0.05, 0) is 51.7 Å². The minimum Gasteiger partial charge on any atom is -0.444 e. The lowest BCUT2D eigenvalue weighted by atomic mass is 10.1. The minimum absolute atomic E-state index is 0.163.